The summed E-state index contributed by atoms with van der Waals surface area (Å²) in [6, 6.07) is 20.0. The normalized spacial score (nSPS) is 12.7. The number of aryl methyl sites for hydroxylation is 2. The van der Waals surface area contributed by atoms with Gasteiger partial charge in [0.25, 0.3) is 0 Å². The molecule has 3 aromatic carbocycles. The average molecular weight is 422 g/mol. The van der Waals surface area contributed by atoms with Crippen molar-refractivity contribution >= 4 is 16.7 Å². The molecule has 0 amide bonds. The molecular weight excluding hydrogens is 394 g/mol. The molecule has 5 rings (SSSR count). The third-order valence-corrected chi connectivity index (χ3v) is 6.81. The van der Waals surface area contributed by atoms with Crippen LogP contribution in [0.15, 0.2) is 60.7 Å². The predicted octanol–water partition coefficient (Wildman–Crippen LogP) is 7.54. The van der Waals surface area contributed by atoms with Crippen LogP contribution in [0.2, 0.25) is 0 Å². The summed E-state index contributed by atoms with van der Waals surface area (Å²) in [4.78, 5) is 18.2. The van der Waals surface area contributed by atoms with Crippen molar-refractivity contribution < 1.29 is 9.53 Å². The van der Waals surface area contributed by atoms with Crippen molar-refractivity contribution in [3.63, 3.8) is 0 Å². The molecule has 0 saturated heterocycles. The summed E-state index contributed by atoms with van der Waals surface area (Å²) >= 11 is 0. The maximum atomic E-state index is 13.6. The third kappa shape index (κ3) is 3.12. The molecule has 0 fully saturated rings. The fourth-order valence-corrected chi connectivity index (χ4v) is 4.54. The lowest BCUT2D eigenvalue weighted by atomic mass is 9.81. The van der Waals surface area contributed by atoms with Crippen LogP contribution in [0.25, 0.3) is 22.0 Å². The van der Waals surface area contributed by atoms with E-state index in [0.717, 1.165) is 45.5 Å². The maximum Gasteiger partial charge on any atom is 0.198 e. The summed E-state index contributed by atoms with van der Waals surface area (Å²) in [6.45, 7) is 10.8. The first-order valence-corrected chi connectivity index (χ1v) is 11.2. The van der Waals surface area contributed by atoms with Crippen molar-refractivity contribution in [2.45, 2.75) is 46.5 Å². The second-order valence-corrected chi connectivity index (χ2v) is 9.34. The zero-order valence-corrected chi connectivity index (χ0v) is 19.2. The Kier molecular flexibility index (Phi) is 4.67. The monoisotopic (exact) mass is 421 g/mol. The molecule has 3 heteroatoms. The van der Waals surface area contributed by atoms with Gasteiger partial charge in [-0.25, -0.2) is 0 Å². The first-order valence-electron chi connectivity index (χ1n) is 11.2. The molecule has 0 aliphatic heterocycles. The summed E-state index contributed by atoms with van der Waals surface area (Å²) in [6.07, 6.45) is 1.06. The van der Waals surface area contributed by atoms with Crippen LogP contribution in [0.3, 0.4) is 0 Å². The zero-order chi connectivity index (χ0) is 22.6. The number of fused-ring (bicyclic) bond motifs is 2. The number of hydrogen-bond donors (Lipinski definition) is 0. The van der Waals surface area contributed by atoms with Gasteiger partial charge in [0.15, 0.2) is 5.78 Å². The largest absolute Gasteiger partial charge is 0.456 e. The van der Waals surface area contributed by atoms with E-state index in [1.165, 1.54) is 5.56 Å². The molecule has 1 aromatic heterocycles. The van der Waals surface area contributed by atoms with E-state index in [9.17, 15) is 4.79 Å². The SMILES string of the molecule is CCC(C)(C)c1ccc(Oc2cccc3c2C(=O)c2cccc4nc(C)cc-3c24)c(C)c1. The lowest BCUT2D eigenvalue weighted by Gasteiger charge is -2.25. The lowest BCUT2D eigenvalue weighted by molar-refractivity contribution is 0.103. The molecule has 160 valence electrons. The minimum absolute atomic E-state index is 0.0132. The van der Waals surface area contributed by atoms with Gasteiger partial charge in [0.2, 0.25) is 0 Å². The fourth-order valence-electron chi connectivity index (χ4n) is 4.54. The molecule has 0 N–H and O–H groups in total. The Labute approximate surface area is 189 Å². The van der Waals surface area contributed by atoms with Gasteiger partial charge in [0.05, 0.1) is 11.1 Å². The smallest absolute Gasteiger partial charge is 0.198 e. The van der Waals surface area contributed by atoms with Crippen LogP contribution in [0.1, 0.15) is 59.9 Å². The van der Waals surface area contributed by atoms with Crippen molar-refractivity contribution in [3.05, 3.63) is 88.6 Å². The Morgan fingerprint density at radius 1 is 0.875 bits per heavy atom. The Morgan fingerprint density at radius 2 is 1.62 bits per heavy atom. The Morgan fingerprint density at radius 3 is 2.38 bits per heavy atom. The third-order valence-electron chi connectivity index (χ3n) is 6.81. The molecule has 1 heterocycles. The maximum absolute atomic E-state index is 13.6. The van der Waals surface area contributed by atoms with E-state index < -0.39 is 0 Å². The van der Waals surface area contributed by atoms with Gasteiger partial charge >= 0.3 is 0 Å². The van der Waals surface area contributed by atoms with Crippen molar-refractivity contribution in [1.82, 2.24) is 4.98 Å². The molecule has 1 aliphatic carbocycles. The van der Waals surface area contributed by atoms with E-state index in [0.29, 0.717) is 16.9 Å². The molecular formula is C29H27NO2. The minimum Gasteiger partial charge on any atom is -0.456 e. The highest BCUT2D eigenvalue weighted by molar-refractivity contribution is 6.26. The van der Waals surface area contributed by atoms with Gasteiger partial charge in [0, 0.05) is 16.6 Å². The first-order chi connectivity index (χ1) is 15.3. The van der Waals surface area contributed by atoms with E-state index in [4.69, 9.17) is 4.74 Å². The molecule has 0 radical (unpaired) electrons. The topological polar surface area (TPSA) is 39.2 Å². The molecule has 32 heavy (non-hydrogen) atoms. The van der Waals surface area contributed by atoms with E-state index in [2.05, 4.69) is 50.9 Å². The van der Waals surface area contributed by atoms with E-state index >= 15 is 0 Å². The second-order valence-electron chi connectivity index (χ2n) is 9.34. The highest BCUT2D eigenvalue weighted by Gasteiger charge is 2.29. The number of aromatic nitrogens is 1. The number of ketones is 1. The van der Waals surface area contributed by atoms with Gasteiger partial charge in [-0.3, -0.25) is 9.78 Å². The van der Waals surface area contributed by atoms with Crippen LogP contribution in [-0.4, -0.2) is 10.8 Å². The van der Waals surface area contributed by atoms with Crippen LogP contribution in [0.4, 0.5) is 0 Å². The molecule has 0 bridgehead atoms. The van der Waals surface area contributed by atoms with E-state index in [-0.39, 0.29) is 11.2 Å². The summed E-state index contributed by atoms with van der Waals surface area (Å²) in [5.74, 6) is 1.35. The Balaban J connectivity index is 1.64. The predicted molar refractivity (Wildman–Crippen MR) is 130 cm³/mol. The number of carbonyl (C=O) groups excluding carboxylic acids is 1. The molecule has 0 saturated carbocycles. The number of hydrogen-bond acceptors (Lipinski definition) is 3. The van der Waals surface area contributed by atoms with Gasteiger partial charge in [-0.05, 0) is 72.2 Å². The van der Waals surface area contributed by atoms with Crippen LogP contribution in [0.5, 0.6) is 11.5 Å². The van der Waals surface area contributed by atoms with Gasteiger partial charge in [-0.2, -0.15) is 0 Å². The number of rotatable bonds is 4. The standard InChI is InChI=1S/C29H27NO2/c1-6-29(4,5)19-13-14-24(17(2)15-19)32-25-12-8-9-20-22-16-18(3)30-23-11-7-10-21(26(22)23)28(31)27(20)25/h7-16H,6H2,1-5H3. The average Bonchev–Trinajstić information content (AvgIpc) is 2.78. The fraction of sp³-hybridized carbons (Fsp3) is 0.241. The number of benzene rings is 3. The highest BCUT2D eigenvalue weighted by atomic mass is 16.5. The summed E-state index contributed by atoms with van der Waals surface area (Å²) < 4.78 is 6.38. The second kappa shape index (κ2) is 7.30. The zero-order valence-electron chi connectivity index (χ0n) is 19.2. The summed E-state index contributed by atoms with van der Waals surface area (Å²) in [5, 5.41) is 0.926. The minimum atomic E-state index is -0.0132. The molecule has 4 aromatic rings. The summed E-state index contributed by atoms with van der Waals surface area (Å²) in [7, 11) is 0. The Hall–Kier alpha value is -3.46. The van der Waals surface area contributed by atoms with Crippen LogP contribution in [-0.2, 0) is 5.41 Å². The van der Waals surface area contributed by atoms with Gasteiger partial charge < -0.3 is 4.74 Å². The highest BCUT2D eigenvalue weighted by Crippen LogP contribution is 2.44. The number of carbonyl (C=O) groups is 1. The lowest BCUT2D eigenvalue weighted by Crippen LogP contribution is -2.15. The van der Waals surface area contributed by atoms with Crippen LogP contribution in [0, 0.1) is 13.8 Å². The molecule has 1 aliphatic rings. The van der Waals surface area contributed by atoms with Crippen molar-refractivity contribution in [1.29, 1.82) is 0 Å². The molecule has 3 nitrogen and oxygen atoms in total. The van der Waals surface area contributed by atoms with Crippen molar-refractivity contribution in [3.8, 4) is 22.6 Å². The first kappa shape index (κ1) is 20.4. The van der Waals surface area contributed by atoms with Crippen LogP contribution < -0.4 is 4.74 Å². The van der Waals surface area contributed by atoms with Gasteiger partial charge in [-0.1, -0.05) is 57.2 Å². The Bertz CT molecular complexity index is 1400. The van der Waals surface area contributed by atoms with E-state index in [1.54, 1.807) is 0 Å². The molecule has 0 atom stereocenters. The van der Waals surface area contributed by atoms with Crippen molar-refractivity contribution in [2.75, 3.05) is 0 Å². The number of nitrogens with zero attached hydrogens (tertiary/aromatic N) is 1. The summed E-state index contributed by atoms with van der Waals surface area (Å²) in [5.41, 5.74) is 7.50. The van der Waals surface area contributed by atoms with Gasteiger partial charge in [0.1, 0.15) is 11.5 Å². The van der Waals surface area contributed by atoms with Crippen molar-refractivity contribution in [2.24, 2.45) is 0 Å². The van der Waals surface area contributed by atoms with Gasteiger partial charge in [-0.15, -0.1) is 0 Å². The molecule has 0 spiro atoms. The quantitative estimate of drug-likeness (QED) is 0.301. The van der Waals surface area contributed by atoms with E-state index in [1.807, 2.05) is 49.4 Å². The molecule has 0 unspecified atom stereocenters. The van der Waals surface area contributed by atoms with Crippen LogP contribution >= 0.6 is 0 Å². The number of pyridine rings is 1. The number of ether oxygens (including phenoxy) is 1.